The number of aryl methyl sites for hydroxylation is 1. The van der Waals surface area contributed by atoms with Crippen LogP contribution in [0.25, 0.3) is 11.8 Å². The molecule has 0 saturated carbocycles. The Morgan fingerprint density at radius 3 is 2.39 bits per heavy atom. The molecule has 2 aromatic heterocycles. The number of ether oxygens (including phenoxy) is 3. The van der Waals surface area contributed by atoms with E-state index in [4.69, 9.17) is 19.2 Å². The molecule has 6 rings (SSSR count). The molecule has 0 aliphatic carbocycles. The highest BCUT2D eigenvalue weighted by Gasteiger charge is 2.34. The minimum Gasteiger partial charge on any atom is -0.497 e. The molecule has 1 N–H and O–H groups in total. The topological polar surface area (TPSA) is 113 Å². The summed E-state index contributed by atoms with van der Waals surface area (Å²) in [5, 5.41) is 2.98. The lowest BCUT2D eigenvalue weighted by Gasteiger charge is -2.26. The zero-order valence-corrected chi connectivity index (χ0v) is 30.3. The van der Waals surface area contributed by atoms with E-state index in [2.05, 4.69) is 9.88 Å². The van der Waals surface area contributed by atoms with Gasteiger partial charge >= 0.3 is 5.97 Å². The molecule has 1 aliphatic heterocycles. The van der Waals surface area contributed by atoms with E-state index in [1.54, 1.807) is 62.1 Å². The van der Waals surface area contributed by atoms with Gasteiger partial charge in [0, 0.05) is 34.4 Å². The molecule has 0 saturated heterocycles. The highest BCUT2D eigenvalue weighted by Crippen LogP contribution is 2.37. The first-order valence-electron chi connectivity index (χ1n) is 16.7. The van der Waals surface area contributed by atoms with Crippen LogP contribution in [0.4, 0.5) is 5.69 Å². The SMILES string of the molecule is CCCCOC(=O)c1ccc(-n2c(C)cc(/C=c3\sc4n(c3=O)[C@@H](c3ccc(OC)cc3OC)C(C(=O)Nc3ccccc3)=C(C)N=4)c2C)cc1. The van der Waals surface area contributed by atoms with Gasteiger partial charge in [0.1, 0.15) is 17.5 Å². The Balaban J connectivity index is 1.43. The highest BCUT2D eigenvalue weighted by atomic mass is 32.1. The minimum absolute atomic E-state index is 0.283. The number of unbranched alkanes of at least 4 members (excludes halogenated alkanes) is 1. The van der Waals surface area contributed by atoms with E-state index < -0.39 is 6.04 Å². The average Bonchev–Trinajstić information content (AvgIpc) is 3.60. The molecular formula is C40H40N4O6S. The summed E-state index contributed by atoms with van der Waals surface area (Å²) in [7, 11) is 3.11. The van der Waals surface area contributed by atoms with Gasteiger partial charge in [-0.1, -0.05) is 42.9 Å². The van der Waals surface area contributed by atoms with Crippen LogP contribution >= 0.6 is 11.3 Å². The standard InChI is InChI=1S/C40H40N4O6S/c1-7-8-20-50-39(47)27-14-16-30(17-15-27)43-24(2)21-28(26(43)4)22-34-38(46)44-36(32-19-18-31(48-5)23-33(32)49-6)35(25(3)41-40(44)51-34)37(45)42-29-12-10-9-11-13-29/h9-19,21-23,36H,7-8,20H2,1-6H3,(H,42,45)/b34-22-/t36-/m0/s1. The molecule has 0 unspecified atom stereocenters. The van der Waals surface area contributed by atoms with Crippen molar-refractivity contribution in [3.63, 3.8) is 0 Å². The second-order valence-corrected chi connectivity index (χ2v) is 13.2. The largest absolute Gasteiger partial charge is 0.497 e. The highest BCUT2D eigenvalue weighted by molar-refractivity contribution is 7.07. The van der Waals surface area contributed by atoms with E-state index >= 15 is 0 Å². The quantitative estimate of drug-likeness (QED) is 0.128. The van der Waals surface area contributed by atoms with E-state index in [0.29, 0.717) is 55.5 Å². The maximum atomic E-state index is 14.4. The summed E-state index contributed by atoms with van der Waals surface area (Å²) in [6, 6.07) is 23.0. The van der Waals surface area contributed by atoms with Gasteiger partial charge in [0.25, 0.3) is 11.5 Å². The van der Waals surface area contributed by atoms with Gasteiger partial charge in [-0.05, 0) is 93.4 Å². The van der Waals surface area contributed by atoms with Crippen LogP contribution in [0.1, 0.15) is 65.6 Å². The number of hydrogen-bond donors (Lipinski definition) is 1. The number of nitrogens with zero attached hydrogens (tertiary/aromatic N) is 3. The number of amides is 1. The van der Waals surface area contributed by atoms with Gasteiger partial charge in [-0.15, -0.1) is 0 Å². The Hall–Kier alpha value is -5.68. The Morgan fingerprint density at radius 1 is 0.961 bits per heavy atom. The van der Waals surface area contributed by atoms with Crippen LogP contribution in [0, 0.1) is 13.8 Å². The lowest BCUT2D eigenvalue weighted by atomic mass is 9.94. The number of para-hydroxylation sites is 1. The first-order chi connectivity index (χ1) is 24.6. The van der Waals surface area contributed by atoms with Crippen molar-refractivity contribution in [2.75, 3.05) is 26.1 Å². The van der Waals surface area contributed by atoms with Gasteiger partial charge in [-0.2, -0.15) is 0 Å². The number of allylic oxidation sites excluding steroid dienone is 1. The fourth-order valence-electron chi connectivity index (χ4n) is 6.28. The molecule has 1 atom stereocenters. The predicted molar refractivity (Wildman–Crippen MR) is 199 cm³/mol. The summed E-state index contributed by atoms with van der Waals surface area (Å²) in [4.78, 5) is 46.1. The summed E-state index contributed by atoms with van der Waals surface area (Å²) in [5.74, 6) is 0.338. The summed E-state index contributed by atoms with van der Waals surface area (Å²) < 4.78 is 20.7. The molecule has 0 bridgehead atoms. The number of esters is 1. The van der Waals surface area contributed by atoms with Gasteiger partial charge in [0.15, 0.2) is 4.80 Å². The normalized spacial score (nSPS) is 14.2. The fraction of sp³-hybridized carbons (Fsp3) is 0.250. The molecule has 5 aromatic rings. The molecular weight excluding hydrogens is 665 g/mol. The zero-order valence-electron chi connectivity index (χ0n) is 29.5. The Morgan fingerprint density at radius 2 is 1.71 bits per heavy atom. The van der Waals surface area contributed by atoms with Crippen molar-refractivity contribution in [1.29, 1.82) is 0 Å². The van der Waals surface area contributed by atoms with Crippen molar-refractivity contribution in [3.8, 4) is 17.2 Å². The maximum Gasteiger partial charge on any atom is 0.338 e. The van der Waals surface area contributed by atoms with Crippen LogP contribution in [0.5, 0.6) is 11.5 Å². The molecule has 0 fully saturated rings. The van der Waals surface area contributed by atoms with E-state index in [1.165, 1.54) is 11.3 Å². The third-order valence-electron chi connectivity index (χ3n) is 8.88. The molecule has 11 heteroatoms. The van der Waals surface area contributed by atoms with Crippen molar-refractivity contribution in [2.45, 2.75) is 46.6 Å². The predicted octanol–water partition coefficient (Wildman–Crippen LogP) is 6.26. The van der Waals surface area contributed by atoms with Crippen LogP contribution in [0.3, 0.4) is 0 Å². The van der Waals surface area contributed by atoms with Crippen LogP contribution in [-0.4, -0.2) is 41.8 Å². The van der Waals surface area contributed by atoms with Gasteiger partial charge in [0.05, 0.1) is 42.2 Å². The fourth-order valence-corrected chi connectivity index (χ4v) is 7.32. The number of carbonyl (C=O) groups excluding carboxylic acids is 2. The van der Waals surface area contributed by atoms with Crippen molar-refractivity contribution >= 4 is 35.0 Å². The molecule has 10 nitrogen and oxygen atoms in total. The maximum absolute atomic E-state index is 14.4. The first-order valence-corrected chi connectivity index (χ1v) is 17.5. The van der Waals surface area contributed by atoms with Gasteiger partial charge in [-0.25, -0.2) is 9.79 Å². The molecule has 0 spiro atoms. The molecule has 262 valence electrons. The Kier molecular flexibility index (Phi) is 10.4. The molecule has 1 amide bonds. The number of aromatic nitrogens is 2. The van der Waals surface area contributed by atoms with Crippen molar-refractivity contribution in [2.24, 2.45) is 4.99 Å². The third kappa shape index (κ3) is 7.02. The average molecular weight is 705 g/mol. The first kappa shape index (κ1) is 35.2. The third-order valence-corrected chi connectivity index (χ3v) is 9.87. The zero-order chi connectivity index (χ0) is 36.2. The van der Waals surface area contributed by atoms with E-state index in [9.17, 15) is 14.4 Å². The van der Waals surface area contributed by atoms with E-state index in [-0.39, 0.29) is 17.4 Å². The molecule has 0 radical (unpaired) electrons. The van der Waals surface area contributed by atoms with E-state index in [1.807, 2.05) is 69.3 Å². The minimum atomic E-state index is -0.826. The lowest BCUT2D eigenvalue weighted by molar-refractivity contribution is -0.113. The Labute approximate surface area is 300 Å². The summed E-state index contributed by atoms with van der Waals surface area (Å²) in [6.07, 6.45) is 3.65. The summed E-state index contributed by atoms with van der Waals surface area (Å²) >= 11 is 1.27. The summed E-state index contributed by atoms with van der Waals surface area (Å²) in [5.41, 5.74) is 5.90. The van der Waals surface area contributed by atoms with Crippen molar-refractivity contribution in [1.82, 2.24) is 9.13 Å². The van der Waals surface area contributed by atoms with Crippen molar-refractivity contribution in [3.05, 3.63) is 138 Å². The number of methoxy groups -OCH3 is 2. The van der Waals surface area contributed by atoms with Crippen molar-refractivity contribution < 1.29 is 23.8 Å². The number of benzene rings is 3. The second kappa shape index (κ2) is 15.1. The smallest absolute Gasteiger partial charge is 0.338 e. The monoisotopic (exact) mass is 704 g/mol. The molecule has 1 aliphatic rings. The number of thiazole rings is 1. The van der Waals surface area contributed by atoms with Crippen LogP contribution in [-0.2, 0) is 9.53 Å². The van der Waals surface area contributed by atoms with Gasteiger partial charge in [0.2, 0.25) is 0 Å². The molecule has 51 heavy (non-hydrogen) atoms. The van der Waals surface area contributed by atoms with Crippen LogP contribution < -0.4 is 29.7 Å². The van der Waals surface area contributed by atoms with Crippen LogP contribution in [0.15, 0.2) is 99.9 Å². The number of anilines is 1. The Bertz CT molecular complexity index is 2320. The number of nitrogens with one attached hydrogen (secondary N) is 1. The number of carbonyl (C=O) groups is 2. The number of rotatable bonds is 11. The van der Waals surface area contributed by atoms with E-state index in [0.717, 1.165) is 35.5 Å². The summed E-state index contributed by atoms with van der Waals surface area (Å²) in [6.45, 7) is 8.22. The molecule has 3 aromatic carbocycles. The van der Waals surface area contributed by atoms with Crippen LogP contribution in [0.2, 0.25) is 0 Å². The molecule has 3 heterocycles. The van der Waals surface area contributed by atoms with Gasteiger partial charge in [-0.3, -0.25) is 14.2 Å². The number of fused-ring (bicyclic) bond motifs is 1. The number of hydrogen-bond acceptors (Lipinski definition) is 8. The van der Waals surface area contributed by atoms with Gasteiger partial charge < -0.3 is 24.1 Å². The lowest BCUT2D eigenvalue weighted by Crippen LogP contribution is -2.40. The second-order valence-electron chi connectivity index (χ2n) is 12.2.